The Balaban J connectivity index is 1.73. The lowest BCUT2D eigenvalue weighted by molar-refractivity contribution is -0.139. The average Bonchev–Trinajstić information content (AvgIpc) is 2.82. The molecule has 2 aromatic carbocycles. The number of amides is 2. The highest BCUT2D eigenvalue weighted by atomic mass is 35.5. The number of halogens is 3. The number of hydrogen-bond donors (Lipinski definition) is 1. The predicted molar refractivity (Wildman–Crippen MR) is 139 cm³/mol. The Labute approximate surface area is 215 Å². The molecule has 0 aromatic heterocycles. The molecule has 1 aliphatic rings. The van der Waals surface area contributed by atoms with Crippen LogP contribution in [0.15, 0.2) is 42.5 Å². The van der Waals surface area contributed by atoms with E-state index in [-0.39, 0.29) is 35.9 Å². The number of carbonyl (C=O) groups is 2. The van der Waals surface area contributed by atoms with E-state index >= 15 is 0 Å². The fraction of sp³-hybridized carbons (Fsp3) is 0.462. The van der Waals surface area contributed by atoms with Crippen molar-refractivity contribution in [1.29, 1.82) is 0 Å². The highest BCUT2D eigenvalue weighted by molar-refractivity contribution is 7.99. The molecule has 34 heavy (non-hydrogen) atoms. The summed E-state index contributed by atoms with van der Waals surface area (Å²) >= 11 is 13.8. The van der Waals surface area contributed by atoms with Crippen LogP contribution in [-0.2, 0) is 21.9 Å². The van der Waals surface area contributed by atoms with Crippen LogP contribution in [0.1, 0.15) is 56.6 Å². The quantitative estimate of drug-likeness (QED) is 0.379. The van der Waals surface area contributed by atoms with Crippen LogP contribution in [0, 0.1) is 5.82 Å². The molecule has 0 heterocycles. The van der Waals surface area contributed by atoms with Crippen molar-refractivity contribution >= 4 is 46.8 Å². The van der Waals surface area contributed by atoms with Gasteiger partial charge in [-0.1, -0.05) is 73.7 Å². The van der Waals surface area contributed by atoms with Crippen molar-refractivity contribution in [3.63, 3.8) is 0 Å². The van der Waals surface area contributed by atoms with E-state index in [0.717, 1.165) is 31.2 Å². The lowest BCUT2D eigenvalue weighted by atomic mass is 9.95. The molecule has 0 spiro atoms. The first-order valence-corrected chi connectivity index (χ1v) is 13.7. The van der Waals surface area contributed by atoms with Crippen molar-refractivity contribution in [3.8, 4) is 0 Å². The molecule has 3 rings (SSSR count). The molecular weight excluding hydrogens is 494 g/mol. The summed E-state index contributed by atoms with van der Waals surface area (Å²) < 4.78 is 14.1. The van der Waals surface area contributed by atoms with E-state index < -0.39 is 11.9 Å². The maximum absolute atomic E-state index is 14.1. The van der Waals surface area contributed by atoms with Gasteiger partial charge in [0.25, 0.3) is 0 Å². The zero-order chi connectivity index (χ0) is 24.5. The molecular formula is C26H31Cl2FN2O2S. The number of benzene rings is 2. The van der Waals surface area contributed by atoms with Crippen LogP contribution in [0.4, 0.5) is 4.39 Å². The molecule has 0 bridgehead atoms. The molecule has 184 valence electrons. The number of thioether (sulfide) groups is 1. The van der Waals surface area contributed by atoms with E-state index in [1.807, 2.05) is 25.1 Å². The number of rotatable bonds is 10. The van der Waals surface area contributed by atoms with Crippen LogP contribution < -0.4 is 5.32 Å². The third kappa shape index (κ3) is 7.37. The highest BCUT2D eigenvalue weighted by Crippen LogP contribution is 2.26. The average molecular weight is 526 g/mol. The lowest BCUT2D eigenvalue weighted by Crippen LogP contribution is -2.52. The van der Waals surface area contributed by atoms with Crippen LogP contribution in [0.25, 0.3) is 0 Å². The second kappa shape index (κ2) is 13.4. The van der Waals surface area contributed by atoms with Gasteiger partial charge in [0.1, 0.15) is 11.9 Å². The van der Waals surface area contributed by atoms with E-state index in [2.05, 4.69) is 5.32 Å². The minimum absolute atomic E-state index is 0.0995. The Hall–Kier alpha value is -1.76. The van der Waals surface area contributed by atoms with Crippen LogP contribution in [0.5, 0.6) is 0 Å². The van der Waals surface area contributed by atoms with Crippen LogP contribution in [0.2, 0.25) is 10.0 Å². The van der Waals surface area contributed by atoms with Gasteiger partial charge in [0.05, 0.1) is 5.75 Å². The monoisotopic (exact) mass is 524 g/mol. The summed E-state index contributed by atoms with van der Waals surface area (Å²) in [5.74, 6) is -0.344. The first-order chi connectivity index (χ1) is 16.4. The zero-order valence-electron chi connectivity index (χ0n) is 19.4. The summed E-state index contributed by atoms with van der Waals surface area (Å²) in [6.45, 7) is 2.14. The zero-order valence-corrected chi connectivity index (χ0v) is 21.7. The third-order valence-corrected chi connectivity index (χ3v) is 7.84. The number of nitrogens with one attached hydrogen (secondary N) is 1. The van der Waals surface area contributed by atoms with E-state index in [1.54, 1.807) is 23.1 Å². The molecule has 0 saturated heterocycles. The number of nitrogens with zero attached hydrogens (tertiary/aromatic N) is 1. The molecule has 0 aliphatic heterocycles. The van der Waals surface area contributed by atoms with Crippen molar-refractivity contribution < 1.29 is 14.0 Å². The Morgan fingerprint density at radius 3 is 2.47 bits per heavy atom. The Morgan fingerprint density at radius 2 is 1.79 bits per heavy atom. The van der Waals surface area contributed by atoms with Gasteiger partial charge in [-0.15, -0.1) is 11.8 Å². The van der Waals surface area contributed by atoms with E-state index in [9.17, 15) is 14.0 Å². The summed E-state index contributed by atoms with van der Waals surface area (Å²) in [4.78, 5) is 28.2. The highest BCUT2D eigenvalue weighted by Gasteiger charge is 2.30. The lowest BCUT2D eigenvalue weighted by Gasteiger charge is -2.33. The van der Waals surface area contributed by atoms with Crippen molar-refractivity contribution in [1.82, 2.24) is 10.2 Å². The molecule has 8 heteroatoms. The summed E-state index contributed by atoms with van der Waals surface area (Å²) in [7, 11) is 0. The molecule has 0 radical (unpaired) electrons. The molecule has 1 fully saturated rings. The molecule has 1 atom stereocenters. The van der Waals surface area contributed by atoms with Crippen molar-refractivity contribution in [2.24, 2.45) is 0 Å². The first kappa shape index (κ1) is 26.8. The third-order valence-electron chi connectivity index (χ3n) is 6.17. The summed E-state index contributed by atoms with van der Waals surface area (Å²) in [6.07, 6.45) is 5.85. The second-order valence-electron chi connectivity index (χ2n) is 8.57. The Kier molecular flexibility index (Phi) is 10.5. The topological polar surface area (TPSA) is 49.4 Å². The van der Waals surface area contributed by atoms with Gasteiger partial charge in [-0.05, 0) is 43.0 Å². The van der Waals surface area contributed by atoms with Gasteiger partial charge in [0.2, 0.25) is 11.8 Å². The summed E-state index contributed by atoms with van der Waals surface area (Å²) in [5, 5.41) is 4.05. The van der Waals surface area contributed by atoms with Crippen LogP contribution >= 0.6 is 35.0 Å². The Bertz CT molecular complexity index is 965. The van der Waals surface area contributed by atoms with E-state index in [4.69, 9.17) is 23.2 Å². The summed E-state index contributed by atoms with van der Waals surface area (Å²) in [6, 6.07) is 11.4. The SMILES string of the molecule is CCC(C(=O)NC1CCCCC1)N(Cc1ccccc1Cl)C(=O)CSCc1c(F)cccc1Cl. The fourth-order valence-corrected chi connectivity index (χ4v) is 5.71. The summed E-state index contributed by atoms with van der Waals surface area (Å²) in [5.41, 5.74) is 1.16. The fourth-order valence-electron chi connectivity index (χ4n) is 4.27. The molecule has 2 aromatic rings. The number of hydrogen-bond acceptors (Lipinski definition) is 3. The molecule has 1 unspecified atom stereocenters. The van der Waals surface area contributed by atoms with Gasteiger partial charge in [-0.3, -0.25) is 9.59 Å². The van der Waals surface area contributed by atoms with Crippen molar-refractivity contribution in [3.05, 3.63) is 69.5 Å². The van der Waals surface area contributed by atoms with Gasteiger partial charge in [-0.25, -0.2) is 4.39 Å². The van der Waals surface area contributed by atoms with Gasteiger partial charge in [-0.2, -0.15) is 0 Å². The molecule has 1 saturated carbocycles. The Morgan fingerprint density at radius 1 is 1.09 bits per heavy atom. The first-order valence-electron chi connectivity index (χ1n) is 11.7. The molecule has 1 N–H and O–H groups in total. The van der Waals surface area contributed by atoms with Crippen molar-refractivity contribution in [2.75, 3.05) is 5.75 Å². The van der Waals surface area contributed by atoms with Crippen LogP contribution in [-0.4, -0.2) is 34.6 Å². The van der Waals surface area contributed by atoms with Gasteiger partial charge in [0.15, 0.2) is 0 Å². The van der Waals surface area contributed by atoms with Crippen LogP contribution in [0.3, 0.4) is 0 Å². The largest absolute Gasteiger partial charge is 0.352 e. The molecule has 2 amide bonds. The second-order valence-corrected chi connectivity index (χ2v) is 10.4. The molecule has 4 nitrogen and oxygen atoms in total. The maximum Gasteiger partial charge on any atom is 0.243 e. The normalized spacial score (nSPS) is 15.1. The molecule has 1 aliphatic carbocycles. The van der Waals surface area contributed by atoms with E-state index in [0.29, 0.717) is 22.0 Å². The minimum Gasteiger partial charge on any atom is -0.352 e. The maximum atomic E-state index is 14.1. The van der Waals surface area contributed by atoms with E-state index in [1.165, 1.54) is 24.2 Å². The minimum atomic E-state index is -0.608. The smallest absolute Gasteiger partial charge is 0.243 e. The predicted octanol–water partition coefficient (Wildman–Crippen LogP) is 6.62. The standard InChI is InChI=1S/C26H31Cl2FN2O2S/c1-2-24(26(33)30-19-10-4-3-5-11-19)31(15-18-9-6-7-12-21(18)27)25(32)17-34-16-20-22(28)13-8-14-23(20)29/h6-9,12-14,19,24H,2-5,10-11,15-17H2,1H3,(H,30,33). The van der Waals surface area contributed by atoms with Crippen molar-refractivity contribution in [2.45, 2.75) is 69.8 Å². The number of carbonyl (C=O) groups excluding carboxylic acids is 2. The van der Waals surface area contributed by atoms with Gasteiger partial charge in [0, 0.05) is 33.9 Å². The van der Waals surface area contributed by atoms with Gasteiger partial charge < -0.3 is 10.2 Å². The van der Waals surface area contributed by atoms with Gasteiger partial charge >= 0.3 is 0 Å².